The normalized spacial score (nSPS) is 10.3. The Morgan fingerprint density at radius 3 is 2.14 bits per heavy atom. The van der Waals surface area contributed by atoms with Gasteiger partial charge in [-0.25, -0.2) is 0 Å². The minimum absolute atomic E-state index is 0.0584. The topological polar surface area (TPSA) is 35.5 Å². The van der Waals surface area contributed by atoms with Crippen molar-refractivity contribution < 1.29 is 14.3 Å². The van der Waals surface area contributed by atoms with Crippen LogP contribution >= 0.6 is 15.9 Å². The maximum Gasteiger partial charge on any atom is 0.198 e. The lowest BCUT2D eigenvalue weighted by molar-refractivity contribution is 0.103. The van der Waals surface area contributed by atoms with Crippen LogP contribution in [0.5, 0.6) is 11.5 Å². The molecule has 4 heteroatoms. The van der Waals surface area contributed by atoms with Crippen LogP contribution in [-0.4, -0.2) is 20.0 Å². The number of hydrogen-bond acceptors (Lipinski definition) is 3. The lowest BCUT2D eigenvalue weighted by atomic mass is 9.94. The summed E-state index contributed by atoms with van der Waals surface area (Å²) in [4.78, 5) is 12.9. The lowest BCUT2D eigenvalue weighted by Gasteiger charge is -2.14. The molecule has 3 nitrogen and oxygen atoms in total. The summed E-state index contributed by atoms with van der Waals surface area (Å²) >= 11 is 3.45. The smallest absolute Gasteiger partial charge is 0.198 e. The molecule has 0 aliphatic rings. The Labute approximate surface area is 133 Å². The van der Waals surface area contributed by atoms with Gasteiger partial charge in [0, 0.05) is 16.1 Å². The van der Waals surface area contributed by atoms with Crippen LogP contribution in [0.2, 0.25) is 0 Å². The molecule has 0 radical (unpaired) electrons. The zero-order valence-electron chi connectivity index (χ0n) is 12.5. The Kier molecular flexibility index (Phi) is 4.68. The molecule has 0 unspecified atom stereocenters. The van der Waals surface area contributed by atoms with Gasteiger partial charge in [-0.1, -0.05) is 18.2 Å². The van der Waals surface area contributed by atoms with Gasteiger partial charge in [0.05, 0.1) is 19.8 Å². The highest BCUT2D eigenvalue weighted by Gasteiger charge is 2.22. The van der Waals surface area contributed by atoms with Crippen LogP contribution in [0.3, 0.4) is 0 Å². The van der Waals surface area contributed by atoms with E-state index in [0.29, 0.717) is 27.1 Å². The highest BCUT2D eigenvalue weighted by Crippen LogP contribution is 2.35. The Morgan fingerprint density at radius 2 is 1.62 bits per heavy atom. The van der Waals surface area contributed by atoms with E-state index in [1.807, 2.05) is 32.0 Å². The van der Waals surface area contributed by atoms with Crippen molar-refractivity contribution in [2.24, 2.45) is 0 Å². The molecule has 0 saturated heterocycles. The Morgan fingerprint density at radius 1 is 1.00 bits per heavy atom. The number of carbonyl (C=O) groups is 1. The first-order valence-corrected chi connectivity index (χ1v) is 7.31. The first-order valence-electron chi connectivity index (χ1n) is 6.52. The van der Waals surface area contributed by atoms with Crippen LogP contribution in [-0.2, 0) is 0 Å². The third kappa shape index (κ3) is 2.95. The van der Waals surface area contributed by atoms with Crippen molar-refractivity contribution >= 4 is 21.7 Å². The minimum atomic E-state index is -0.0584. The van der Waals surface area contributed by atoms with Crippen LogP contribution in [0, 0.1) is 13.8 Å². The van der Waals surface area contributed by atoms with Gasteiger partial charge in [-0.3, -0.25) is 4.79 Å². The fourth-order valence-electron chi connectivity index (χ4n) is 2.35. The van der Waals surface area contributed by atoms with Crippen LogP contribution < -0.4 is 9.47 Å². The number of methoxy groups -OCH3 is 2. The van der Waals surface area contributed by atoms with Crippen molar-refractivity contribution in [3.05, 3.63) is 57.1 Å². The molecular formula is C17H17BrO3. The van der Waals surface area contributed by atoms with Gasteiger partial charge < -0.3 is 9.47 Å². The standard InChI is InChI=1S/C17H17BrO3/c1-10-6-5-7-11(2)15(10)17(19)16-13(18)8-12(20-3)9-14(16)21-4/h5-9H,1-4H3. The maximum atomic E-state index is 12.9. The SMILES string of the molecule is COc1cc(Br)c(C(=O)c2c(C)cccc2C)c(OC)c1. The molecular weight excluding hydrogens is 332 g/mol. The van der Waals surface area contributed by atoms with Crippen LogP contribution in [0.25, 0.3) is 0 Å². The average Bonchev–Trinajstić information content (AvgIpc) is 2.45. The molecule has 0 fully saturated rings. The molecule has 2 aromatic carbocycles. The zero-order valence-corrected chi connectivity index (χ0v) is 14.1. The quantitative estimate of drug-likeness (QED) is 0.772. The Hall–Kier alpha value is -1.81. The number of halogens is 1. The summed E-state index contributed by atoms with van der Waals surface area (Å²) in [6, 6.07) is 9.30. The van der Waals surface area contributed by atoms with Crippen molar-refractivity contribution in [1.82, 2.24) is 0 Å². The van der Waals surface area contributed by atoms with E-state index in [1.54, 1.807) is 26.4 Å². The van der Waals surface area contributed by atoms with Gasteiger partial charge in [0.2, 0.25) is 0 Å². The largest absolute Gasteiger partial charge is 0.497 e. The van der Waals surface area contributed by atoms with E-state index >= 15 is 0 Å². The lowest BCUT2D eigenvalue weighted by Crippen LogP contribution is -2.09. The zero-order chi connectivity index (χ0) is 15.6. The van der Waals surface area contributed by atoms with E-state index in [2.05, 4.69) is 15.9 Å². The predicted molar refractivity (Wildman–Crippen MR) is 86.6 cm³/mol. The van der Waals surface area contributed by atoms with E-state index < -0.39 is 0 Å². The van der Waals surface area contributed by atoms with Crippen LogP contribution in [0.15, 0.2) is 34.8 Å². The summed E-state index contributed by atoms with van der Waals surface area (Å²) in [6.07, 6.45) is 0. The summed E-state index contributed by atoms with van der Waals surface area (Å²) in [5, 5.41) is 0. The maximum absolute atomic E-state index is 12.9. The second-order valence-electron chi connectivity index (χ2n) is 4.78. The predicted octanol–water partition coefficient (Wildman–Crippen LogP) is 4.31. The third-order valence-corrected chi connectivity index (χ3v) is 4.04. The summed E-state index contributed by atoms with van der Waals surface area (Å²) in [5.74, 6) is 1.07. The number of ketones is 1. The third-order valence-electron chi connectivity index (χ3n) is 3.42. The number of benzene rings is 2. The van der Waals surface area contributed by atoms with E-state index in [4.69, 9.17) is 9.47 Å². The molecule has 0 saturated carbocycles. The molecule has 0 atom stereocenters. The van der Waals surface area contributed by atoms with Crippen molar-refractivity contribution in [1.29, 1.82) is 0 Å². The molecule has 0 heterocycles. The molecule has 0 amide bonds. The number of ether oxygens (including phenoxy) is 2. The minimum Gasteiger partial charge on any atom is -0.497 e. The van der Waals surface area contributed by atoms with Crippen molar-refractivity contribution in [3.63, 3.8) is 0 Å². The van der Waals surface area contributed by atoms with Gasteiger partial charge in [0.15, 0.2) is 5.78 Å². The number of rotatable bonds is 4. The molecule has 21 heavy (non-hydrogen) atoms. The van der Waals surface area contributed by atoms with E-state index in [0.717, 1.165) is 11.1 Å². The fraction of sp³-hybridized carbons (Fsp3) is 0.235. The Balaban J connectivity index is 2.64. The second-order valence-corrected chi connectivity index (χ2v) is 5.64. The van der Waals surface area contributed by atoms with Gasteiger partial charge in [-0.05, 0) is 47.0 Å². The average molecular weight is 349 g/mol. The highest BCUT2D eigenvalue weighted by atomic mass is 79.9. The number of aryl methyl sites for hydroxylation is 2. The summed E-state index contributed by atoms with van der Waals surface area (Å²) < 4.78 is 11.2. The molecule has 0 N–H and O–H groups in total. The molecule has 2 rings (SSSR count). The van der Waals surface area contributed by atoms with E-state index in [1.165, 1.54) is 0 Å². The van der Waals surface area contributed by atoms with Crippen molar-refractivity contribution in [2.45, 2.75) is 13.8 Å². The van der Waals surface area contributed by atoms with Crippen molar-refractivity contribution in [3.8, 4) is 11.5 Å². The summed E-state index contributed by atoms with van der Waals surface area (Å²) in [5.41, 5.74) is 3.12. The van der Waals surface area contributed by atoms with Crippen LogP contribution in [0.1, 0.15) is 27.0 Å². The fourth-order valence-corrected chi connectivity index (χ4v) is 2.96. The molecule has 0 aromatic heterocycles. The Bertz CT molecular complexity index is 672. The summed E-state index contributed by atoms with van der Waals surface area (Å²) in [7, 11) is 3.12. The molecule has 2 aromatic rings. The number of carbonyl (C=O) groups excluding carboxylic acids is 1. The molecule has 0 aliphatic carbocycles. The van der Waals surface area contributed by atoms with Gasteiger partial charge in [0.25, 0.3) is 0 Å². The molecule has 110 valence electrons. The second kappa shape index (κ2) is 6.31. The monoisotopic (exact) mass is 348 g/mol. The van der Waals surface area contributed by atoms with Gasteiger partial charge >= 0.3 is 0 Å². The first kappa shape index (κ1) is 15.6. The van der Waals surface area contributed by atoms with Gasteiger partial charge in [-0.15, -0.1) is 0 Å². The molecule has 0 spiro atoms. The van der Waals surface area contributed by atoms with Gasteiger partial charge in [0.1, 0.15) is 11.5 Å². The first-order chi connectivity index (χ1) is 9.99. The van der Waals surface area contributed by atoms with Crippen LogP contribution in [0.4, 0.5) is 0 Å². The van der Waals surface area contributed by atoms with E-state index in [9.17, 15) is 4.79 Å². The highest BCUT2D eigenvalue weighted by molar-refractivity contribution is 9.10. The number of hydrogen-bond donors (Lipinski definition) is 0. The summed E-state index contributed by atoms with van der Waals surface area (Å²) in [6.45, 7) is 3.87. The van der Waals surface area contributed by atoms with E-state index in [-0.39, 0.29) is 5.78 Å². The van der Waals surface area contributed by atoms with Crippen molar-refractivity contribution in [2.75, 3.05) is 14.2 Å². The molecule has 0 aliphatic heterocycles. The molecule has 0 bridgehead atoms. The van der Waals surface area contributed by atoms with Gasteiger partial charge in [-0.2, -0.15) is 0 Å².